The van der Waals surface area contributed by atoms with Gasteiger partial charge in [0, 0.05) is 44.8 Å². The van der Waals surface area contributed by atoms with E-state index >= 15 is 0 Å². The van der Waals surface area contributed by atoms with E-state index in [2.05, 4.69) is 23.9 Å². The van der Waals surface area contributed by atoms with Crippen molar-refractivity contribution in [2.24, 2.45) is 11.0 Å². The number of rotatable bonds is 4. The molecule has 2 fully saturated rings. The van der Waals surface area contributed by atoms with E-state index in [-0.39, 0.29) is 0 Å². The van der Waals surface area contributed by atoms with E-state index in [9.17, 15) is 0 Å². The molecule has 2 heterocycles. The first kappa shape index (κ1) is 13.8. The molecule has 4 nitrogen and oxygen atoms in total. The number of piperidine rings is 1. The van der Waals surface area contributed by atoms with Crippen LogP contribution in [0.1, 0.15) is 32.6 Å². The van der Waals surface area contributed by atoms with E-state index in [1.807, 2.05) is 0 Å². The number of hydrogen-bond donors (Lipinski definition) is 0. The zero-order chi connectivity index (χ0) is 13.0. The highest BCUT2D eigenvalue weighted by Crippen LogP contribution is 2.22. The Labute approximate surface area is 111 Å². The Bertz CT molecular complexity index is 293. The molecule has 104 valence electrons. The van der Waals surface area contributed by atoms with Crippen LogP contribution in [0.15, 0.2) is 5.10 Å². The Morgan fingerprint density at radius 2 is 2.22 bits per heavy atom. The molecule has 0 aromatic rings. The third-order valence-electron chi connectivity index (χ3n) is 4.21. The van der Waals surface area contributed by atoms with Crippen LogP contribution in [-0.2, 0) is 4.74 Å². The van der Waals surface area contributed by atoms with Crippen molar-refractivity contribution in [2.45, 2.75) is 38.6 Å². The van der Waals surface area contributed by atoms with Gasteiger partial charge < -0.3 is 9.64 Å². The number of likely N-dealkylation sites (tertiary alicyclic amines) is 1. The van der Waals surface area contributed by atoms with Crippen LogP contribution in [0.5, 0.6) is 0 Å². The summed E-state index contributed by atoms with van der Waals surface area (Å²) in [6.45, 7) is 6.50. The first-order chi connectivity index (χ1) is 8.74. The quantitative estimate of drug-likeness (QED) is 0.765. The lowest BCUT2D eigenvalue weighted by Crippen LogP contribution is -2.40. The Morgan fingerprint density at radius 3 is 2.94 bits per heavy atom. The predicted octanol–water partition coefficient (Wildman–Crippen LogP) is 1.81. The minimum absolute atomic E-state index is 0.500. The molecule has 2 atom stereocenters. The van der Waals surface area contributed by atoms with Crippen molar-refractivity contribution in [1.29, 1.82) is 0 Å². The summed E-state index contributed by atoms with van der Waals surface area (Å²) in [6.07, 6.45) is 4.81. The van der Waals surface area contributed by atoms with Crippen LogP contribution >= 0.6 is 0 Å². The van der Waals surface area contributed by atoms with Gasteiger partial charge in [-0.3, -0.25) is 5.01 Å². The molecule has 2 aliphatic heterocycles. The molecule has 0 spiro atoms. The average molecular weight is 253 g/mol. The Morgan fingerprint density at radius 1 is 1.39 bits per heavy atom. The first-order valence-electron chi connectivity index (χ1n) is 7.26. The Kier molecular flexibility index (Phi) is 5.01. The van der Waals surface area contributed by atoms with E-state index in [0.717, 1.165) is 32.7 Å². The van der Waals surface area contributed by atoms with E-state index in [4.69, 9.17) is 9.84 Å². The maximum absolute atomic E-state index is 5.30. The van der Waals surface area contributed by atoms with Crippen LogP contribution in [0.4, 0.5) is 0 Å². The van der Waals surface area contributed by atoms with Gasteiger partial charge in [-0.05, 0) is 26.3 Å². The standard InChI is InChI=1S/C14H27N3O/c1-4-12-10-16(2)9-7-14(12)15-17-8-5-6-13(17)11-18-3/h12-13H,4-11H2,1-3H3/b15-14+/t12?,13-/m0/s1. The largest absolute Gasteiger partial charge is 0.382 e. The molecule has 2 saturated heterocycles. The van der Waals surface area contributed by atoms with Gasteiger partial charge in [-0.15, -0.1) is 0 Å². The van der Waals surface area contributed by atoms with Crippen molar-refractivity contribution in [1.82, 2.24) is 9.91 Å². The van der Waals surface area contributed by atoms with E-state index in [1.54, 1.807) is 7.11 Å². The van der Waals surface area contributed by atoms with Crippen LogP contribution in [-0.4, -0.2) is 62.1 Å². The summed E-state index contributed by atoms with van der Waals surface area (Å²) in [5, 5.41) is 7.25. The molecule has 0 N–H and O–H groups in total. The molecular weight excluding hydrogens is 226 g/mol. The summed E-state index contributed by atoms with van der Waals surface area (Å²) in [4.78, 5) is 2.42. The fourth-order valence-electron chi connectivity index (χ4n) is 3.06. The molecule has 2 aliphatic rings. The summed E-state index contributed by atoms with van der Waals surface area (Å²) < 4.78 is 5.30. The lowest BCUT2D eigenvalue weighted by atomic mass is 9.93. The van der Waals surface area contributed by atoms with Crippen LogP contribution in [0.3, 0.4) is 0 Å². The first-order valence-corrected chi connectivity index (χ1v) is 7.26. The van der Waals surface area contributed by atoms with Gasteiger partial charge in [-0.2, -0.15) is 5.10 Å². The second-order valence-corrected chi connectivity index (χ2v) is 5.62. The molecule has 4 heteroatoms. The Balaban J connectivity index is 2.01. The zero-order valence-electron chi connectivity index (χ0n) is 12.1. The van der Waals surface area contributed by atoms with Crippen molar-refractivity contribution < 1.29 is 4.74 Å². The molecule has 1 unspecified atom stereocenters. The fourth-order valence-corrected chi connectivity index (χ4v) is 3.06. The number of hydrogen-bond acceptors (Lipinski definition) is 4. The number of methoxy groups -OCH3 is 1. The molecule has 2 rings (SSSR count). The van der Waals surface area contributed by atoms with Gasteiger partial charge in [0.1, 0.15) is 0 Å². The molecule has 0 aromatic heterocycles. The summed E-state index contributed by atoms with van der Waals surface area (Å²) >= 11 is 0. The highest BCUT2D eigenvalue weighted by Gasteiger charge is 2.27. The van der Waals surface area contributed by atoms with Crippen LogP contribution in [0, 0.1) is 5.92 Å². The summed E-state index contributed by atoms with van der Waals surface area (Å²) in [6, 6.07) is 0.500. The van der Waals surface area contributed by atoms with Gasteiger partial charge >= 0.3 is 0 Å². The molecule has 18 heavy (non-hydrogen) atoms. The fraction of sp³-hybridized carbons (Fsp3) is 0.929. The molecule has 0 aliphatic carbocycles. The number of ether oxygens (including phenoxy) is 1. The van der Waals surface area contributed by atoms with Crippen molar-refractivity contribution in [3.8, 4) is 0 Å². The summed E-state index contributed by atoms with van der Waals surface area (Å²) in [7, 11) is 4.00. The van der Waals surface area contributed by atoms with Crippen LogP contribution in [0.2, 0.25) is 0 Å². The zero-order valence-corrected chi connectivity index (χ0v) is 12.1. The maximum Gasteiger partial charge on any atom is 0.0704 e. The SMILES string of the molecule is CCC1CN(C)CC/C1=N\N1CCC[C@H]1COC. The van der Waals surface area contributed by atoms with Crippen molar-refractivity contribution >= 4 is 5.71 Å². The van der Waals surface area contributed by atoms with E-state index in [0.29, 0.717) is 12.0 Å². The summed E-state index contributed by atoms with van der Waals surface area (Å²) in [5.41, 5.74) is 1.42. The second kappa shape index (κ2) is 6.53. The van der Waals surface area contributed by atoms with Gasteiger partial charge in [0.25, 0.3) is 0 Å². The van der Waals surface area contributed by atoms with Gasteiger partial charge in [0.05, 0.1) is 12.6 Å². The summed E-state index contributed by atoms with van der Waals surface area (Å²) in [5.74, 6) is 0.646. The normalized spacial score (nSPS) is 32.4. The minimum Gasteiger partial charge on any atom is -0.382 e. The lowest BCUT2D eigenvalue weighted by Gasteiger charge is -2.32. The minimum atomic E-state index is 0.500. The number of nitrogens with zero attached hydrogens (tertiary/aromatic N) is 3. The topological polar surface area (TPSA) is 28.1 Å². The van der Waals surface area contributed by atoms with Gasteiger partial charge in [-0.25, -0.2) is 0 Å². The van der Waals surface area contributed by atoms with Crippen molar-refractivity contribution in [3.05, 3.63) is 0 Å². The van der Waals surface area contributed by atoms with Crippen molar-refractivity contribution in [2.75, 3.05) is 40.4 Å². The lowest BCUT2D eigenvalue weighted by molar-refractivity contribution is 0.116. The molecule has 0 bridgehead atoms. The molecule has 0 radical (unpaired) electrons. The molecular formula is C14H27N3O. The third kappa shape index (κ3) is 3.23. The van der Waals surface area contributed by atoms with Gasteiger partial charge in [0.15, 0.2) is 0 Å². The van der Waals surface area contributed by atoms with E-state index in [1.165, 1.54) is 25.0 Å². The molecule has 0 saturated carbocycles. The Hall–Kier alpha value is -0.610. The van der Waals surface area contributed by atoms with Gasteiger partial charge in [-0.1, -0.05) is 6.92 Å². The third-order valence-corrected chi connectivity index (χ3v) is 4.21. The van der Waals surface area contributed by atoms with Gasteiger partial charge in [0.2, 0.25) is 0 Å². The monoisotopic (exact) mass is 253 g/mol. The second-order valence-electron chi connectivity index (χ2n) is 5.62. The highest BCUT2D eigenvalue weighted by atomic mass is 16.5. The predicted molar refractivity (Wildman–Crippen MR) is 74.9 cm³/mol. The van der Waals surface area contributed by atoms with E-state index < -0.39 is 0 Å². The molecule has 0 amide bonds. The average Bonchev–Trinajstić information content (AvgIpc) is 2.79. The van der Waals surface area contributed by atoms with Crippen molar-refractivity contribution in [3.63, 3.8) is 0 Å². The number of hydrazone groups is 1. The maximum atomic E-state index is 5.30. The van der Waals surface area contributed by atoms with Crippen LogP contribution < -0.4 is 0 Å². The highest BCUT2D eigenvalue weighted by molar-refractivity contribution is 5.87. The van der Waals surface area contributed by atoms with Crippen LogP contribution in [0.25, 0.3) is 0 Å². The smallest absolute Gasteiger partial charge is 0.0704 e. The molecule has 0 aromatic carbocycles.